The minimum Gasteiger partial charge on any atom is -0.382 e. The van der Waals surface area contributed by atoms with Crippen molar-refractivity contribution < 1.29 is 18.3 Å². The highest BCUT2D eigenvalue weighted by Gasteiger charge is 2.19. The molecule has 0 aliphatic carbocycles. The molecular formula is C25H21F2N5O3. The molecule has 3 heterocycles. The Kier molecular flexibility index (Phi) is 6.80. The van der Waals surface area contributed by atoms with Crippen LogP contribution in [0.1, 0.15) is 34.8 Å². The second-order valence-electron chi connectivity index (χ2n) is 7.75. The lowest BCUT2D eigenvalue weighted by atomic mass is 10.2. The van der Waals surface area contributed by atoms with Crippen molar-refractivity contribution in [1.82, 2.24) is 14.0 Å². The molecule has 178 valence electrons. The normalized spacial score (nSPS) is 11.8. The Balaban J connectivity index is 2.07. The van der Waals surface area contributed by atoms with Crippen LogP contribution in [0.15, 0.2) is 52.4 Å². The Bertz CT molecular complexity index is 1610. The number of pyridine rings is 2. The molecule has 0 aliphatic heterocycles. The third kappa shape index (κ3) is 4.46. The van der Waals surface area contributed by atoms with Crippen LogP contribution in [0.5, 0.6) is 0 Å². The summed E-state index contributed by atoms with van der Waals surface area (Å²) < 4.78 is 36.7. The second kappa shape index (κ2) is 9.95. The number of aromatic nitrogens is 3. The zero-order valence-corrected chi connectivity index (χ0v) is 19.1. The lowest BCUT2D eigenvalue weighted by Gasteiger charge is -2.14. The van der Waals surface area contributed by atoms with Crippen LogP contribution in [0.4, 0.5) is 8.78 Å². The van der Waals surface area contributed by atoms with Gasteiger partial charge in [0.25, 0.3) is 11.5 Å². The van der Waals surface area contributed by atoms with Gasteiger partial charge in [-0.05, 0) is 50.1 Å². The quantitative estimate of drug-likeness (QED) is 0.313. The molecule has 0 atom stereocenters. The number of fused-ring (bicyclic) bond motifs is 2. The Morgan fingerprint density at radius 3 is 2.63 bits per heavy atom. The van der Waals surface area contributed by atoms with Gasteiger partial charge in [-0.1, -0.05) is 12.1 Å². The third-order valence-electron chi connectivity index (χ3n) is 5.48. The summed E-state index contributed by atoms with van der Waals surface area (Å²) in [6.07, 6.45) is 2.02. The van der Waals surface area contributed by atoms with E-state index in [1.807, 2.05) is 13.0 Å². The van der Waals surface area contributed by atoms with Crippen LogP contribution in [0.2, 0.25) is 0 Å². The molecule has 1 amide bonds. The number of hydrogen-bond donors (Lipinski definition) is 0. The first-order valence-electron chi connectivity index (χ1n) is 10.9. The molecule has 0 saturated carbocycles. The van der Waals surface area contributed by atoms with Crippen molar-refractivity contribution in [2.75, 3.05) is 13.2 Å². The molecule has 4 aromatic rings. The molecule has 0 bridgehead atoms. The first kappa shape index (κ1) is 23.9. The number of rotatable bonds is 6. The molecule has 0 N–H and O–H groups in total. The number of ether oxygens (including phenoxy) is 1. The molecule has 35 heavy (non-hydrogen) atoms. The van der Waals surface area contributed by atoms with Crippen molar-refractivity contribution >= 4 is 22.6 Å². The van der Waals surface area contributed by atoms with E-state index in [2.05, 4.69) is 9.98 Å². The summed E-state index contributed by atoms with van der Waals surface area (Å²) in [7, 11) is 0. The number of amides is 1. The molecule has 3 aromatic heterocycles. The molecule has 10 heteroatoms. The Hall–Kier alpha value is -4.23. The summed E-state index contributed by atoms with van der Waals surface area (Å²) in [5.41, 5.74) is -0.160. The molecule has 0 aliphatic rings. The lowest BCUT2D eigenvalue weighted by Crippen LogP contribution is -2.30. The van der Waals surface area contributed by atoms with E-state index in [1.165, 1.54) is 15.0 Å². The smallest absolute Gasteiger partial charge is 0.284 e. The van der Waals surface area contributed by atoms with Crippen molar-refractivity contribution in [3.63, 3.8) is 0 Å². The SMILES string of the molecule is CCOCCCn1c(=NC(=O)c2c(F)cccc2F)c(C#N)cc2c(=O)n3cccc(C)c3nc21. The Morgan fingerprint density at radius 1 is 1.20 bits per heavy atom. The zero-order chi connectivity index (χ0) is 25.1. The van der Waals surface area contributed by atoms with Gasteiger partial charge in [0.1, 0.15) is 34.6 Å². The highest BCUT2D eigenvalue weighted by molar-refractivity contribution is 5.95. The second-order valence-corrected chi connectivity index (χ2v) is 7.75. The molecule has 0 fully saturated rings. The fourth-order valence-electron chi connectivity index (χ4n) is 3.83. The maximum atomic E-state index is 14.2. The minimum absolute atomic E-state index is 0.106. The maximum Gasteiger partial charge on any atom is 0.284 e. The molecule has 0 unspecified atom stereocenters. The first-order chi connectivity index (χ1) is 16.9. The minimum atomic E-state index is -1.19. The van der Waals surface area contributed by atoms with E-state index in [1.54, 1.807) is 25.3 Å². The number of benzene rings is 1. The standard InChI is InChI=1S/C25H21F2N5O3/c1-3-35-12-6-11-31-22(30-24(33)20-18(26)8-4-9-19(20)27)16(14-28)13-17-23(31)29-21-15(2)7-5-10-32(21)25(17)34/h4-5,7-10,13H,3,6,11-12H2,1-2H3. The van der Waals surface area contributed by atoms with Crippen LogP contribution in [0, 0.1) is 29.9 Å². The van der Waals surface area contributed by atoms with Crippen LogP contribution in [-0.2, 0) is 11.3 Å². The zero-order valence-electron chi connectivity index (χ0n) is 19.1. The summed E-state index contributed by atoms with van der Waals surface area (Å²) in [4.78, 5) is 34.7. The number of carbonyl (C=O) groups is 1. The topological polar surface area (TPSA) is 102 Å². The van der Waals surface area contributed by atoms with Gasteiger partial charge < -0.3 is 9.30 Å². The van der Waals surface area contributed by atoms with E-state index in [9.17, 15) is 23.6 Å². The van der Waals surface area contributed by atoms with Crippen LogP contribution >= 0.6 is 0 Å². The Morgan fingerprint density at radius 2 is 1.94 bits per heavy atom. The van der Waals surface area contributed by atoms with Crippen molar-refractivity contribution in [1.29, 1.82) is 5.26 Å². The molecule has 0 spiro atoms. The number of nitriles is 1. The van der Waals surface area contributed by atoms with Crippen molar-refractivity contribution in [3.8, 4) is 6.07 Å². The van der Waals surface area contributed by atoms with Crippen LogP contribution < -0.4 is 11.0 Å². The van der Waals surface area contributed by atoms with Crippen LogP contribution in [-0.4, -0.2) is 33.1 Å². The third-order valence-corrected chi connectivity index (χ3v) is 5.48. The first-order valence-corrected chi connectivity index (χ1v) is 10.9. The van der Waals surface area contributed by atoms with Crippen LogP contribution in [0.25, 0.3) is 16.7 Å². The molecular weight excluding hydrogens is 456 g/mol. The number of aryl methyl sites for hydroxylation is 2. The Labute approximate surface area is 198 Å². The molecule has 4 rings (SSSR count). The largest absolute Gasteiger partial charge is 0.382 e. The number of nitrogens with zero attached hydrogens (tertiary/aromatic N) is 5. The van der Waals surface area contributed by atoms with Gasteiger partial charge in [0.2, 0.25) is 0 Å². The van der Waals surface area contributed by atoms with Gasteiger partial charge in [-0.15, -0.1) is 0 Å². The fraction of sp³-hybridized carbons (Fsp3) is 0.240. The van der Waals surface area contributed by atoms with Gasteiger partial charge in [-0.2, -0.15) is 10.3 Å². The molecule has 0 radical (unpaired) electrons. The van der Waals surface area contributed by atoms with E-state index in [0.717, 1.165) is 23.8 Å². The highest BCUT2D eigenvalue weighted by atomic mass is 19.1. The highest BCUT2D eigenvalue weighted by Crippen LogP contribution is 2.15. The molecule has 0 saturated heterocycles. The molecule has 1 aromatic carbocycles. The number of halogens is 2. The van der Waals surface area contributed by atoms with E-state index in [0.29, 0.717) is 25.3 Å². The lowest BCUT2D eigenvalue weighted by molar-refractivity contribution is 0.0989. The predicted molar refractivity (Wildman–Crippen MR) is 124 cm³/mol. The number of hydrogen-bond acceptors (Lipinski definition) is 5. The average molecular weight is 477 g/mol. The van der Waals surface area contributed by atoms with Gasteiger partial charge in [0.05, 0.1) is 10.9 Å². The fourth-order valence-corrected chi connectivity index (χ4v) is 3.83. The van der Waals surface area contributed by atoms with Gasteiger partial charge in [-0.25, -0.2) is 13.8 Å². The van der Waals surface area contributed by atoms with E-state index < -0.39 is 28.7 Å². The maximum absolute atomic E-state index is 14.2. The monoisotopic (exact) mass is 477 g/mol. The average Bonchev–Trinajstić information content (AvgIpc) is 2.83. The van der Waals surface area contributed by atoms with Crippen molar-refractivity contribution in [2.24, 2.45) is 4.99 Å². The van der Waals surface area contributed by atoms with Crippen molar-refractivity contribution in [2.45, 2.75) is 26.8 Å². The number of carbonyl (C=O) groups excluding carboxylic acids is 1. The summed E-state index contributed by atoms with van der Waals surface area (Å²) in [6.45, 7) is 4.69. The van der Waals surface area contributed by atoms with E-state index in [4.69, 9.17) is 4.74 Å². The van der Waals surface area contributed by atoms with E-state index in [-0.39, 0.29) is 28.6 Å². The summed E-state index contributed by atoms with van der Waals surface area (Å²) in [5.74, 6) is -3.33. The van der Waals surface area contributed by atoms with Crippen LogP contribution in [0.3, 0.4) is 0 Å². The summed E-state index contributed by atoms with van der Waals surface area (Å²) in [6, 6.07) is 9.78. The van der Waals surface area contributed by atoms with Gasteiger partial charge in [0, 0.05) is 26.0 Å². The van der Waals surface area contributed by atoms with Crippen molar-refractivity contribution in [3.05, 3.63) is 86.8 Å². The molecule has 8 nitrogen and oxygen atoms in total. The van der Waals surface area contributed by atoms with Gasteiger partial charge in [0.15, 0.2) is 5.49 Å². The van der Waals surface area contributed by atoms with E-state index >= 15 is 0 Å². The van der Waals surface area contributed by atoms with Gasteiger partial charge in [-0.3, -0.25) is 14.0 Å². The summed E-state index contributed by atoms with van der Waals surface area (Å²) in [5, 5.41) is 9.96. The van der Waals surface area contributed by atoms with Gasteiger partial charge >= 0.3 is 0 Å². The summed E-state index contributed by atoms with van der Waals surface area (Å²) >= 11 is 0. The predicted octanol–water partition coefficient (Wildman–Crippen LogP) is 3.28.